The topological polar surface area (TPSA) is 87.7 Å². The summed E-state index contributed by atoms with van der Waals surface area (Å²) in [4.78, 5) is 4.05. The predicted molar refractivity (Wildman–Crippen MR) is 70.8 cm³/mol. The van der Waals surface area contributed by atoms with Crippen molar-refractivity contribution in [2.75, 3.05) is 4.72 Å². The van der Waals surface area contributed by atoms with Gasteiger partial charge in [0, 0.05) is 4.47 Å². The maximum atomic E-state index is 12.1. The minimum absolute atomic E-state index is 0.0278. The highest BCUT2D eigenvalue weighted by Gasteiger charge is 2.19. The Balaban J connectivity index is 2.36. The van der Waals surface area contributed by atoms with Crippen LogP contribution < -0.4 is 4.72 Å². The van der Waals surface area contributed by atoms with E-state index in [-0.39, 0.29) is 10.8 Å². The van der Waals surface area contributed by atoms with E-state index < -0.39 is 10.0 Å². The van der Waals surface area contributed by atoms with Gasteiger partial charge in [0.25, 0.3) is 16.0 Å². The molecule has 2 N–H and O–H groups in total. The van der Waals surface area contributed by atoms with Gasteiger partial charge in [-0.15, -0.1) is 5.10 Å². The zero-order valence-electron chi connectivity index (χ0n) is 9.73. The third-order valence-electron chi connectivity index (χ3n) is 2.20. The average molecular weight is 331 g/mol. The van der Waals surface area contributed by atoms with E-state index in [9.17, 15) is 8.42 Å². The molecular weight excluding hydrogens is 320 g/mol. The lowest BCUT2D eigenvalue weighted by Gasteiger charge is -2.07. The molecule has 96 valence electrons. The van der Waals surface area contributed by atoms with E-state index in [1.807, 2.05) is 6.92 Å². The van der Waals surface area contributed by atoms with Crippen molar-refractivity contribution in [3.05, 3.63) is 34.1 Å². The maximum Gasteiger partial charge on any atom is 0.265 e. The molecule has 2 rings (SSSR count). The Morgan fingerprint density at radius 3 is 2.61 bits per heavy atom. The Hall–Kier alpha value is -1.41. The molecule has 1 aromatic heterocycles. The number of hydrogen-bond acceptors (Lipinski definition) is 4. The molecule has 0 unspecified atom stereocenters. The minimum Gasteiger partial charge on any atom is -0.261 e. The fourth-order valence-electron chi connectivity index (χ4n) is 1.39. The molecule has 0 radical (unpaired) electrons. The lowest BCUT2D eigenvalue weighted by atomic mass is 10.2. The van der Waals surface area contributed by atoms with Gasteiger partial charge >= 0.3 is 0 Å². The number of aromatic nitrogens is 3. The highest BCUT2D eigenvalue weighted by molar-refractivity contribution is 9.10. The van der Waals surface area contributed by atoms with E-state index in [0.29, 0.717) is 10.3 Å². The van der Waals surface area contributed by atoms with Gasteiger partial charge in [-0.05, 0) is 47.5 Å². The number of nitrogens with one attached hydrogen (secondary N) is 2. The van der Waals surface area contributed by atoms with E-state index in [1.54, 1.807) is 19.1 Å². The minimum atomic E-state index is -3.69. The van der Waals surface area contributed by atoms with Gasteiger partial charge in [-0.3, -0.25) is 5.10 Å². The fourth-order valence-corrected chi connectivity index (χ4v) is 3.52. The number of rotatable bonds is 3. The predicted octanol–water partition coefficient (Wildman–Crippen LogP) is 1.98. The standard InChI is InChI=1S/C10H11BrN4O2S/c1-6-3-4-9(8(11)5-6)18(16,17)15-10-12-7(2)13-14-10/h3-5H,1-2H3,(H2,12,13,14,15). The molecular formula is C10H11BrN4O2S. The number of anilines is 1. The molecule has 2 aromatic rings. The van der Waals surface area contributed by atoms with Crippen molar-refractivity contribution in [1.29, 1.82) is 0 Å². The van der Waals surface area contributed by atoms with Crippen LogP contribution in [-0.4, -0.2) is 23.6 Å². The largest absolute Gasteiger partial charge is 0.265 e. The number of sulfonamides is 1. The lowest BCUT2D eigenvalue weighted by molar-refractivity contribution is 0.600. The number of aryl methyl sites for hydroxylation is 2. The molecule has 0 atom stereocenters. The molecule has 0 aliphatic heterocycles. The van der Waals surface area contributed by atoms with Crippen molar-refractivity contribution >= 4 is 31.9 Å². The summed E-state index contributed by atoms with van der Waals surface area (Å²) in [6.45, 7) is 3.57. The van der Waals surface area contributed by atoms with Crippen molar-refractivity contribution < 1.29 is 8.42 Å². The van der Waals surface area contributed by atoms with Gasteiger partial charge in [0.15, 0.2) is 0 Å². The summed E-state index contributed by atoms with van der Waals surface area (Å²) in [6, 6.07) is 4.99. The molecule has 0 bridgehead atoms. The van der Waals surface area contributed by atoms with Crippen LogP contribution in [0.4, 0.5) is 5.95 Å². The van der Waals surface area contributed by atoms with Gasteiger partial charge in [0.1, 0.15) is 10.7 Å². The summed E-state index contributed by atoms with van der Waals surface area (Å²) in [5.74, 6) is 0.565. The van der Waals surface area contributed by atoms with E-state index in [2.05, 4.69) is 35.8 Å². The van der Waals surface area contributed by atoms with E-state index in [4.69, 9.17) is 0 Å². The highest BCUT2D eigenvalue weighted by atomic mass is 79.9. The van der Waals surface area contributed by atoms with Crippen LogP contribution in [0.5, 0.6) is 0 Å². The van der Waals surface area contributed by atoms with Crippen LogP contribution in [0.3, 0.4) is 0 Å². The molecule has 0 fully saturated rings. The SMILES string of the molecule is Cc1ccc(S(=O)(=O)Nc2n[nH]c(C)n2)c(Br)c1. The summed E-state index contributed by atoms with van der Waals surface area (Å²) < 4.78 is 27.0. The Bertz CT molecular complexity index is 681. The first-order valence-electron chi connectivity index (χ1n) is 5.06. The molecule has 0 saturated heterocycles. The van der Waals surface area contributed by atoms with Crippen molar-refractivity contribution in [1.82, 2.24) is 15.2 Å². The van der Waals surface area contributed by atoms with Crippen LogP contribution in [0.2, 0.25) is 0 Å². The Morgan fingerprint density at radius 2 is 2.06 bits per heavy atom. The molecule has 0 aliphatic rings. The maximum absolute atomic E-state index is 12.1. The van der Waals surface area contributed by atoms with Crippen molar-refractivity contribution in [3.8, 4) is 0 Å². The number of H-pyrrole nitrogens is 1. The normalized spacial score (nSPS) is 11.5. The molecule has 8 heteroatoms. The summed E-state index contributed by atoms with van der Waals surface area (Å²) in [6.07, 6.45) is 0. The Morgan fingerprint density at radius 1 is 1.33 bits per heavy atom. The van der Waals surface area contributed by atoms with Gasteiger partial charge in [0.2, 0.25) is 0 Å². The lowest BCUT2D eigenvalue weighted by Crippen LogP contribution is -2.14. The van der Waals surface area contributed by atoms with Crippen molar-refractivity contribution in [3.63, 3.8) is 0 Å². The Labute approximate surface area is 113 Å². The molecule has 0 amide bonds. The first-order valence-corrected chi connectivity index (χ1v) is 7.34. The smallest absolute Gasteiger partial charge is 0.261 e. The number of aromatic amines is 1. The summed E-state index contributed by atoms with van der Waals surface area (Å²) in [5.41, 5.74) is 0.967. The first kappa shape index (κ1) is 13.0. The number of nitrogens with zero attached hydrogens (tertiary/aromatic N) is 2. The second-order valence-electron chi connectivity index (χ2n) is 3.78. The molecule has 1 aromatic carbocycles. The van der Waals surface area contributed by atoms with E-state index in [1.165, 1.54) is 6.07 Å². The summed E-state index contributed by atoms with van der Waals surface area (Å²) >= 11 is 3.23. The quantitative estimate of drug-likeness (QED) is 0.900. The van der Waals surface area contributed by atoms with Crippen LogP contribution >= 0.6 is 15.9 Å². The second-order valence-corrected chi connectivity index (χ2v) is 6.29. The molecule has 1 heterocycles. The molecule has 0 saturated carbocycles. The molecule has 0 aliphatic carbocycles. The molecule has 18 heavy (non-hydrogen) atoms. The van der Waals surface area contributed by atoms with Gasteiger partial charge in [-0.2, -0.15) is 4.98 Å². The Kier molecular flexibility index (Phi) is 3.40. The summed E-state index contributed by atoms with van der Waals surface area (Å²) in [7, 11) is -3.69. The van der Waals surface area contributed by atoms with E-state index in [0.717, 1.165) is 5.56 Å². The second kappa shape index (κ2) is 4.69. The first-order chi connectivity index (χ1) is 8.38. The monoisotopic (exact) mass is 330 g/mol. The average Bonchev–Trinajstić information content (AvgIpc) is 2.62. The van der Waals surface area contributed by atoms with Crippen LogP contribution in [0.15, 0.2) is 27.6 Å². The van der Waals surface area contributed by atoms with Crippen LogP contribution in [0.25, 0.3) is 0 Å². The molecule has 0 spiro atoms. The number of halogens is 1. The number of benzene rings is 1. The van der Waals surface area contributed by atoms with E-state index >= 15 is 0 Å². The number of hydrogen-bond donors (Lipinski definition) is 2. The fraction of sp³-hybridized carbons (Fsp3) is 0.200. The van der Waals surface area contributed by atoms with Crippen LogP contribution in [0.1, 0.15) is 11.4 Å². The third-order valence-corrected chi connectivity index (χ3v) is 4.50. The van der Waals surface area contributed by atoms with Crippen molar-refractivity contribution in [2.45, 2.75) is 18.7 Å². The zero-order valence-corrected chi connectivity index (χ0v) is 12.1. The van der Waals surface area contributed by atoms with Gasteiger partial charge in [-0.1, -0.05) is 6.07 Å². The molecule has 6 nitrogen and oxygen atoms in total. The van der Waals surface area contributed by atoms with Gasteiger partial charge in [0.05, 0.1) is 0 Å². The zero-order chi connectivity index (χ0) is 13.3. The van der Waals surface area contributed by atoms with Crippen LogP contribution in [0, 0.1) is 13.8 Å². The van der Waals surface area contributed by atoms with Gasteiger partial charge < -0.3 is 0 Å². The van der Waals surface area contributed by atoms with Crippen LogP contribution in [-0.2, 0) is 10.0 Å². The van der Waals surface area contributed by atoms with Gasteiger partial charge in [-0.25, -0.2) is 13.1 Å². The van der Waals surface area contributed by atoms with Crippen molar-refractivity contribution in [2.24, 2.45) is 0 Å². The summed E-state index contributed by atoms with van der Waals surface area (Å²) in [5, 5.41) is 6.30. The third kappa shape index (κ3) is 2.70. The highest BCUT2D eigenvalue weighted by Crippen LogP contribution is 2.24.